The Morgan fingerprint density at radius 1 is 1.21 bits per heavy atom. The van der Waals surface area contributed by atoms with Gasteiger partial charge in [-0.25, -0.2) is 9.37 Å². The maximum absolute atomic E-state index is 13.8. The highest BCUT2D eigenvalue weighted by atomic mass is 19.1. The normalized spacial score (nSPS) is 10.5. The fourth-order valence-electron chi connectivity index (χ4n) is 1.78. The molecule has 0 atom stereocenters. The molecule has 0 saturated carbocycles. The summed E-state index contributed by atoms with van der Waals surface area (Å²) >= 11 is 0. The summed E-state index contributed by atoms with van der Waals surface area (Å²) in [4.78, 5) is 3.83. The zero-order valence-electron chi connectivity index (χ0n) is 10.8. The van der Waals surface area contributed by atoms with E-state index >= 15 is 0 Å². The molecule has 0 saturated heterocycles. The average molecular weight is 261 g/mol. The Hall–Kier alpha value is -1.94. The molecule has 0 aliphatic carbocycles. The minimum Gasteiger partial charge on any atom is -0.436 e. The van der Waals surface area contributed by atoms with Crippen LogP contribution >= 0.6 is 0 Å². The fraction of sp³-hybridized carbons (Fsp3) is 0.267. The van der Waals surface area contributed by atoms with Gasteiger partial charge in [0.15, 0.2) is 5.82 Å². The van der Waals surface area contributed by atoms with Crippen molar-refractivity contribution in [2.24, 2.45) is 0 Å². The van der Waals surface area contributed by atoms with Crippen molar-refractivity contribution in [1.29, 1.82) is 0 Å². The van der Waals surface area contributed by atoms with E-state index in [2.05, 4.69) is 11.9 Å². The smallest absolute Gasteiger partial charge is 0.256 e. The Bertz CT molecular complexity index is 540. The molecule has 0 unspecified atom stereocenters. The number of hydrogen-bond donors (Lipinski definition) is 1. The molecular weight excluding hydrogens is 245 g/mol. The average Bonchev–Trinajstić information content (AvgIpc) is 2.43. The van der Waals surface area contributed by atoms with Gasteiger partial charge in [0, 0.05) is 11.8 Å². The zero-order valence-corrected chi connectivity index (χ0v) is 10.8. The predicted octanol–water partition coefficient (Wildman–Crippen LogP) is 3.46. The summed E-state index contributed by atoms with van der Waals surface area (Å²) in [6.07, 6.45) is 3.50. The Kier molecular flexibility index (Phi) is 4.47. The number of pyridine rings is 1. The predicted molar refractivity (Wildman–Crippen MR) is 70.6 cm³/mol. The molecule has 1 aromatic carbocycles. The first-order valence-electron chi connectivity index (χ1n) is 6.25. The Balaban J connectivity index is 2.16. The minimum absolute atomic E-state index is 0.116. The second-order valence-electron chi connectivity index (χ2n) is 4.24. The van der Waals surface area contributed by atoms with Crippen LogP contribution in [0.25, 0.3) is 0 Å². The number of aliphatic hydroxyl groups excluding tert-OH is 1. The molecule has 0 radical (unpaired) electrons. The number of aryl methyl sites for hydroxylation is 1. The number of rotatable bonds is 5. The monoisotopic (exact) mass is 261 g/mol. The van der Waals surface area contributed by atoms with Crippen LogP contribution in [0.15, 0.2) is 36.5 Å². The molecule has 0 aliphatic heterocycles. The van der Waals surface area contributed by atoms with Gasteiger partial charge in [0.25, 0.3) is 5.88 Å². The molecule has 1 heterocycles. The molecular formula is C15H16FNO2. The van der Waals surface area contributed by atoms with Gasteiger partial charge in [-0.1, -0.05) is 25.5 Å². The Morgan fingerprint density at radius 3 is 2.58 bits per heavy atom. The molecule has 0 aliphatic rings. The van der Waals surface area contributed by atoms with E-state index in [4.69, 9.17) is 9.84 Å². The Morgan fingerprint density at radius 2 is 1.95 bits per heavy atom. The second-order valence-corrected chi connectivity index (χ2v) is 4.24. The molecule has 100 valence electrons. The van der Waals surface area contributed by atoms with Crippen LogP contribution in [0.5, 0.6) is 11.6 Å². The molecule has 2 aromatic rings. The topological polar surface area (TPSA) is 42.4 Å². The van der Waals surface area contributed by atoms with Gasteiger partial charge in [-0.2, -0.15) is 0 Å². The number of hydrogen-bond acceptors (Lipinski definition) is 3. The third-order valence-corrected chi connectivity index (χ3v) is 2.78. The van der Waals surface area contributed by atoms with E-state index in [0.29, 0.717) is 5.75 Å². The summed E-state index contributed by atoms with van der Waals surface area (Å²) in [6, 6.07) is 8.90. The fourth-order valence-corrected chi connectivity index (χ4v) is 1.78. The van der Waals surface area contributed by atoms with Gasteiger partial charge in [-0.3, -0.25) is 0 Å². The van der Waals surface area contributed by atoms with Gasteiger partial charge in [-0.05, 0) is 30.2 Å². The first kappa shape index (κ1) is 13.5. The molecule has 19 heavy (non-hydrogen) atoms. The van der Waals surface area contributed by atoms with Crippen molar-refractivity contribution in [2.45, 2.75) is 26.4 Å². The van der Waals surface area contributed by atoms with Gasteiger partial charge in [0.1, 0.15) is 5.75 Å². The molecule has 0 bridgehead atoms. The quantitative estimate of drug-likeness (QED) is 0.896. The SMILES string of the molecule is CCCc1ccc(Oc2nccc(CO)c2F)cc1. The van der Waals surface area contributed by atoms with Crippen LogP contribution in [0.2, 0.25) is 0 Å². The lowest BCUT2D eigenvalue weighted by Gasteiger charge is -2.08. The summed E-state index contributed by atoms with van der Waals surface area (Å²) in [5.74, 6) is -0.209. The van der Waals surface area contributed by atoms with Crippen molar-refractivity contribution in [1.82, 2.24) is 4.98 Å². The first-order chi connectivity index (χ1) is 9.24. The van der Waals surface area contributed by atoms with Gasteiger partial charge >= 0.3 is 0 Å². The van der Waals surface area contributed by atoms with Crippen molar-refractivity contribution in [3.63, 3.8) is 0 Å². The van der Waals surface area contributed by atoms with E-state index in [1.54, 1.807) is 12.1 Å². The maximum Gasteiger partial charge on any atom is 0.256 e. The molecule has 2 rings (SSSR count). The van der Waals surface area contributed by atoms with E-state index in [1.165, 1.54) is 17.8 Å². The van der Waals surface area contributed by atoms with Crippen LogP contribution in [0, 0.1) is 5.82 Å². The van der Waals surface area contributed by atoms with E-state index in [0.717, 1.165) is 12.8 Å². The van der Waals surface area contributed by atoms with Crippen molar-refractivity contribution in [3.8, 4) is 11.6 Å². The number of aliphatic hydroxyl groups is 1. The van der Waals surface area contributed by atoms with Gasteiger partial charge < -0.3 is 9.84 Å². The summed E-state index contributed by atoms with van der Waals surface area (Å²) in [5, 5.41) is 8.98. The van der Waals surface area contributed by atoms with Crippen LogP contribution in [-0.4, -0.2) is 10.1 Å². The highest BCUT2D eigenvalue weighted by Crippen LogP contribution is 2.24. The second kappa shape index (κ2) is 6.29. The highest BCUT2D eigenvalue weighted by molar-refractivity contribution is 5.32. The van der Waals surface area contributed by atoms with E-state index in [1.807, 2.05) is 12.1 Å². The van der Waals surface area contributed by atoms with Crippen molar-refractivity contribution < 1.29 is 14.2 Å². The third-order valence-electron chi connectivity index (χ3n) is 2.78. The van der Waals surface area contributed by atoms with Crippen molar-refractivity contribution in [2.75, 3.05) is 0 Å². The van der Waals surface area contributed by atoms with E-state index in [9.17, 15) is 4.39 Å². The van der Waals surface area contributed by atoms with Crippen LogP contribution in [0.4, 0.5) is 4.39 Å². The molecule has 0 amide bonds. The van der Waals surface area contributed by atoms with Crippen molar-refractivity contribution >= 4 is 0 Å². The van der Waals surface area contributed by atoms with Gasteiger partial charge in [0.05, 0.1) is 6.61 Å². The van der Waals surface area contributed by atoms with E-state index in [-0.39, 0.29) is 18.1 Å². The lowest BCUT2D eigenvalue weighted by atomic mass is 10.1. The van der Waals surface area contributed by atoms with Crippen molar-refractivity contribution in [3.05, 3.63) is 53.5 Å². The number of halogens is 1. The summed E-state index contributed by atoms with van der Waals surface area (Å²) < 4.78 is 19.2. The van der Waals surface area contributed by atoms with E-state index < -0.39 is 5.82 Å². The maximum atomic E-state index is 13.8. The largest absolute Gasteiger partial charge is 0.436 e. The number of ether oxygens (including phenoxy) is 1. The van der Waals surface area contributed by atoms with Crippen LogP contribution in [0.1, 0.15) is 24.5 Å². The molecule has 0 fully saturated rings. The third kappa shape index (κ3) is 3.29. The minimum atomic E-state index is -0.623. The molecule has 1 N–H and O–H groups in total. The Labute approximate surface area is 111 Å². The van der Waals surface area contributed by atoms with Crippen LogP contribution in [-0.2, 0) is 13.0 Å². The summed E-state index contributed by atoms with van der Waals surface area (Å²) in [7, 11) is 0. The zero-order chi connectivity index (χ0) is 13.7. The number of aromatic nitrogens is 1. The van der Waals surface area contributed by atoms with Crippen LogP contribution in [0.3, 0.4) is 0 Å². The summed E-state index contributed by atoms with van der Waals surface area (Å²) in [6.45, 7) is 1.74. The highest BCUT2D eigenvalue weighted by Gasteiger charge is 2.10. The standard InChI is InChI=1S/C15H16FNO2/c1-2-3-11-4-6-13(7-5-11)19-15-14(16)12(10-18)8-9-17-15/h4-9,18H,2-3,10H2,1H3. The summed E-state index contributed by atoms with van der Waals surface area (Å²) in [5.41, 5.74) is 1.39. The molecule has 0 spiro atoms. The lowest BCUT2D eigenvalue weighted by molar-refractivity contribution is 0.273. The van der Waals surface area contributed by atoms with Gasteiger partial charge in [0.2, 0.25) is 0 Å². The lowest BCUT2D eigenvalue weighted by Crippen LogP contribution is -1.97. The molecule has 3 nitrogen and oxygen atoms in total. The molecule has 1 aromatic heterocycles. The molecule has 4 heteroatoms. The number of benzene rings is 1. The van der Waals surface area contributed by atoms with Crippen LogP contribution < -0.4 is 4.74 Å². The number of nitrogens with zero attached hydrogens (tertiary/aromatic N) is 1. The van der Waals surface area contributed by atoms with Gasteiger partial charge in [-0.15, -0.1) is 0 Å². The first-order valence-corrected chi connectivity index (χ1v) is 6.25.